The second-order valence-corrected chi connectivity index (χ2v) is 30.9. The molecule has 4 radical (unpaired) electrons. The Morgan fingerprint density at radius 3 is 0.547 bits per heavy atom. The first-order chi connectivity index (χ1) is 60.1. The van der Waals surface area contributed by atoms with Gasteiger partial charge in [0.2, 0.25) is 0 Å². The maximum absolute atomic E-state index is 5.65. The van der Waals surface area contributed by atoms with Crippen LogP contribution in [-0.2, 0) is 82.2 Å². The minimum atomic E-state index is 0. The van der Waals surface area contributed by atoms with Gasteiger partial charge in [0.25, 0.3) is 0 Å². The molecule has 0 aliphatic heterocycles. The van der Waals surface area contributed by atoms with Crippen molar-refractivity contribution >= 4 is 12.2 Å². The summed E-state index contributed by atoms with van der Waals surface area (Å²) in [5, 5.41) is 0. The average Bonchev–Trinajstić information content (AvgIpc) is 0.807. The quantitative estimate of drug-likeness (QED) is 0.101. The monoisotopic (exact) mass is 1850 g/mol. The van der Waals surface area contributed by atoms with E-state index < -0.39 is 0 Å². The standard InChI is InChI=1S/4C17H11N.C16H23.C10H13.C8H7.C6H5.4C3H7.4Ni/c4*1-3-8-14(9-4-1)16-12-7-13-17(18-16)15-10-5-2-6-11-15;1-8-12-9-13(15(2,3)4)11-14(10-12)16(5,6)7;1-10(2,3)9-7-5-4-6-8-9;1-2-8-6-4-3-5-7-8;1-2-4-6-5-3-1;4*1-3-2;;;;/h4*1-8,10,12-13H;1,8-11H,2-7H3;5-8H,1-3H3;1-7H;1-5H;4*3H,1-2H3;;;;/q4*-2;8*-1;4*+3. The van der Waals surface area contributed by atoms with Gasteiger partial charge in [-0.1, -0.05) is 171 Å². The van der Waals surface area contributed by atoms with Crippen molar-refractivity contribution in [1.82, 2.24) is 19.9 Å². The molecule has 16 aromatic rings. The van der Waals surface area contributed by atoms with Crippen LogP contribution in [0.3, 0.4) is 0 Å². The molecule has 0 atom stereocenters. The summed E-state index contributed by atoms with van der Waals surface area (Å²) >= 11 is 0. The second-order valence-electron chi connectivity index (χ2n) is 30.9. The zero-order valence-electron chi connectivity index (χ0n) is 76.9. The van der Waals surface area contributed by atoms with Crippen LogP contribution in [0.25, 0.3) is 102 Å². The Hall–Kier alpha value is -11.3. The van der Waals surface area contributed by atoms with E-state index in [9.17, 15) is 0 Å². The van der Waals surface area contributed by atoms with Crippen LogP contribution in [0.1, 0.15) is 146 Å². The fourth-order valence-electron chi connectivity index (χ4n) is 10.8. The van der Waals surface area contributed by atoms with Crippen molar-refractivity contribution in [3.8, 4) is 90.1 Å². The van der Waals surface area contributed by atoms with E-state index >= 15 is 0 Å². The molecule has 4 nitrogen and oxygen atoms in total. The fraction of sp³-hybridized carbons (Fsp3) is 0.167. The molecule has 0 aliphatic rings. The molecule has 0 aliphatic carbocycles. The molecule has 0 amide bonds. The first-order valence-electron chi connectivity index (χ1n) is 41.9. The van der Waals surface area contributed by atoms with E-state index in [0.717, 1.165) is 101 Å². The molecule has 8 heteroatoms. The summed E-state index contributed by atoms with van der Waals surface area (Å²) < 4.78 is 0. The Morgan fingerprint density at radius 2 is 0.398 bits per heavy atom. The summed E-state index contributed by atoms with van der Waals surface area (Å²) in [5.41, 5.74) is 22.4. The number of rotatable bonds is 10. The number of hydrogen-bond donors (Lipinski definition) is 0. The van der Waals surface area contributed by atoms with Gasteiger partial charge in [-0.25, -0.2) is 12.2 Å². The van der Waals surface area contributed by atoms with E-state index in [2.05, 4.69) is 173 Å². The van der Waals surface area contributed by atoms with Gasteiger partial charge in [0.1, 0.15) is 0 Å². The normalized spacial score (nSPS) is 9.70. The predicted octanol–water partition coefficient (Wildman–Crippen LogP) is 32.1. The van der Waals surface area contributed by atoms with Crippen molar-refractivity contribution in [3.63, 3.8) is 0 Å². The van der Waals surface area contributed by atoms with Gasteiger partial charge in [0.05, 0.1) is 0 Å². The van der Waals surface area contributed by atoms with Crippen molar-refractivity contribution in [2.24, 2.45) is 0 Å². The predicted molar refractivity (Wildman–Crippen MR) is 531 cm³/mol. The maximum atomic E-state index is 5.65. The van der Waals surface area contributed by atoms with E-state index in [1.54, 1.807) is 12.2 Å². The first-order valence-corrected chi connectivity index (χ1v) is 41.9. The van der Waals surface area contributed by atoms with Crippen LogP contribution in [0.4, 0.5) is 0 Å². The molecule has 4 aromatic heterocycles. The Kier molecular flexibility index (Phi) is 60.1. The first kappa shape index (κ1) is 115. The number of hydrogen-bond acceptors (Lipinski definition) is 4. The largest absolute Gasteiger partial charge is 3.00 e. The molecule has 128 heavy (non-hydrogen) atoms. The Labute approximate surface area is 812 Å². The zero-order valence-corrected chi connectivity index (χ0v) is 80.8. The van der Waals surface area contributed by atoms with Crippen LogP contribution >= 0.6 is 0 Å². The summed E-state index contributed by atoms with van der Waals surface area (Å²) in [7, 11) is 0. The van der Waals surface area contributed by atoms with E-state index in [0.29, 0.717) is 0 Å². The molecule has 0 fully saturated rings. The fourth-order valence-corrected chi connectivity index (χ4v) is 10.8. The summed E-state index contributed by atoms with van der Waals surface area (Å²) in [6.07, 6.45) is 11.3. The second kappa shape index (κ2) is 67.0. The third-order valence-electron chi connectivity index (χ3n) is 16.9. The van der Waals surface area contributed by atoms with Gasteiger partial charge in [-0.3, -0.25) is 13.2 Å². The number of benzene rings is 12. The third-order valence-corrected chi connectivity index (χ3v) is 16.9. The number of pyridine rings is 4. The summed E-state index contributed by atoms with van der Waals surface area (Å²) in [4.78, 5) is 18.6. The minimum absolute atomic E-state index is 0. The van der Waals surface area contributed by atoms with Gasteiger partial charge < -0.3 is 45.6 Å². The van der Waals surface area contributed by atoms with Crippen molar-refractivity contribution < 1.29 is 66.0 Å². The van der Waals surface area contributed by atoms with E-state index in [1.165, 1.54) is 16.7 Å². The molecule has 0 spiro atoms. The van der Waals surface area contributed by atoms with E-state index in [-0.39, 0.29) is 82.2 Å². The van der Waals surface area contributed by atoms with Gasteiger partial charge in [-0.15, -0.1) is 311 Å². The van der Waals surface area contributed by atoms with Crippen LogP contribution in [0.2, 0.25) is 0 Å². The van der Waals surface area contributed by atoms with Gasteiger partial charge in [-0.2, -0.15) is 139 Å². The number of aromatic nitrogens is 4. The van der Waals surface area contributed by atoms with Gasteiger partial charge in [0, 0.05) is 0 Å². The molecule has 16 rings (SSSR count). The van der Waals surface area contributed by atoms with Gasteiger partial charge in [0.15, 0.2) is 0 Å². The minimum Gasteiger partial charge on any atom is -0.345 e. The van der Waals surface area contributed by atoms with Crippen molar-refractivity contribution in [3.05, 3.63) is 497 Å². The van der Waals surface area contributed by atoms with Crippen molar-refractivity contribution in [1.29, 1.82) is 0 Å². The molecular weight excluding hydrogens is 1730 g/mol. The molecule has 0 saturated heterocycles. The number of nitrogens with zero attached hydrogens (tertiary/aromatic N) is 4. The van der Waals surface area contributed by atoms with Crippen LogP contribution in [0, 0.1) is 99.5 Å². The van der Waals surface area contributed by atoms with Crippen LogP contribution in [0.15, 0.2) is 370 Å². The molecule has 0 unspecified atom stereocenters. The topological polar surface area (TPSA) is 51.6 Å². The molecular formula is C120H120N4Ni4-4. The Balaban J connectivity index is 0.000000726. The van der Waals surface area contributed by atoms with Crippen LogP contribution in [-0.4, -0.2) is 19.9 Å². The Bertz CT molecular complexity index is 4640. The van der Waals surface area contributed by atoms with E-state index in [1.807, 2.05) is 421 Å². The molecule has 664 valence electrons. The summed E-state index contributed by atoms with van der Waals surface area (Å²) in [5.74, 6) is 0. The third kappa shape index (κ3) is 45.4. The molecule has 4 heterocycles. The van der Waals surface area contributed by atoms with E-state index in [4.69, 9.17) is 13.2 Å². The Morgan fingerprint density at radius 1 is 0.211 bits per heavy atom. The van der Waals surface area contributed by atoms with Crippen LogP contribution < -0.4 is 0 Å². The molecule has 12 aromatic carbocycles. The smallest absolute Gasteiger partial charge is 0.345 e. The van der Waals surface area contributed by atoms with Gasteiger partial charge in [-0.05, 0) is 61.8 Å². The van der Waals surface area contributed by atoms with Crippen LogP contribution in [0.5, 0.6) is 0 Å². The van der Waals surface area contributed by atoms with Gasteiger partial charge >= 0.3 is 66.0 Å². The molecule has 0 saturated carbocycles. The van der Waals surface area contributed by atoms with Crippen molar-refractivity contribution in [2.75, 3.05) is 0 Å². The summed E-state index contributed by atoms with van der Waals surface area (Å²) in [6, 6.07) is 153. The summed E-state index contributed by atoms with van der Waals surface area (Å²) in [6.45, 7) is 46.9. The SMILES string of the molecule is CC(C)(C)c1cc[c-]cc1.C[CH-]C.C[CH-]C.C[CH-]C.C[CH-]C.[CH-]=Cc1cc(C(C)(C)C)cc(C(C)(C)C)c1.[CH-]=Cc1ccccc1.[Ni+3].[Ni+3].[Ni+3].[Ni+3].[c-]1ccccc1.[c-]1ccccc1-c1cccc(-c2[c-]cccc2)n1.[c-]1ccccc1-c1cccc(-c2[c-]cccc2)n1.[c-]1ccccc1-c1cccc(-c2[c-]cccc2)n1.[c-]1ccccc1-c1cccc(-c2[c-]cccc2)n1. The molecule has 0 bridgehead atoms. The average molecular weight is 1850 g/mol. The molecule has 0 N–H and O–H groups in total. The van der Waals surface area contributed by atoms with Crippen molar-refractivity contribution in [2.45, 2.75) is 134 Å². The maximum Gasteiger partial charge on any atom is 3.00 e. The zero-order chi connectivity index (χ0) is 89.9.